The van der Waals surface area contributed by atoms with Gasteiger partial charge in [0.2, 0.25) is 0 Å². The second-order valence-electron chi connectivity index (χ2n) is 5.64. The number of nitrogens with zero attached hydrogens (tertiary/aromatic N) is 1. The van der Waals surface area contributed by atoms with Crippen molar-refractivity contribution in [2.45, 2.75) is 38.8 Å². The molecule has 0 aromatic heterocycles. The van der Waals surface area contributed by atoms with E-state index in [2.05, 4.69) is 36.1 Å². The zero-order valence-electron chi connectivity index (χ0n) is 12.3. The topological polar surface area (TPSA) is 38.5 Å². The first-order valence-electron chi connectivity index (χ1n) is 7.24. The predicted molar refractivity (Wildman–Crippen MR) is 80.5 cm³/mol. The zero-order valence-corrected chi connectivity index (χ0v) is 12.3. The van der Waals surface area contributed by atoms with Crippen molar-refractivity contribution in [2.75, 3.05) is 25.2 Å². The average Bonchev–Trinajstić information content (AvgIpc) is 3.23. The fourth-order valence-corrected chi connectivity index (χ4v) is 2.56. The Morgan fingerprint density at radius 3 is 2.37 bits per heavy atom. The monoisotopic (exact) mass is 262 g/mol. The normalized spacial score (nSPS) is 18.1. The minimum atomic E-state index is 0.0994. The van der Waals surface area contributed by atoms with Crippen molar-refractivity contribution in [3.63, 3.8) is 0 Å². The molecule has 0 bridgehead atoms. The van der Waals surface area contributed by atoms with Crippen LogP contribution < -0.4 is 10.6 Å². The Kier molecular flexibility index (Phi) is 4.83. The molecule has 0 amide bonds. The van der Waals surface area contributed by atoms with Crippen LogP contribution in [0.3, 0.4) is 0 Å². The number of hydrogen-bond acceptors (Lipinski definition) is 3. The highest BCUT2D eigenvalue weighted by Gasteiger charge is 2.32. The second kappa shape index (κ2) is 6.40. The van der Waals surface area contributed by atoms with E-state index >= 15 is 0 Å². The minimum absolute atomic E-state index is 0.0994. The molecule has 0 heterocycles. The van der Waals surface area contributed by atoms with Gasteiger partial charge in [0.05, 0.1) is 6.61 Å². The third-order valence-electron chi connectivity index (χ3n) is 4.08. The van der Waals surface area contributed by atoms with Crippen LogP contribution in [0.4, 0.5) is 5.69 Å². The van der Waals surface area contributed by atoms with E-state index in [4.69, 9.17) is 10.5 Å². The van der Waals surface area contributed by atoms with Gasteiger partial charge in [-0.1, -0.05) is 12.1 Å². The molecule has 2 rings (SSSR count). The Balaban J connectivity index is 2.11. The molecular weight excluding hydrogens is 236 g/mol. The number of nitrogens with two attached hydrogens (primary N) is 1. The molecule has 19 heavy (non-hydrogen) atoms. The Hall–Kier alpha value is -1.06. The maximum atomic E-state index is 5.90. The van der Waals surface area contributed by atoms with Crippen molar-refractivity contribution in [3.05, 3.63) is 29.8 Å². The first kappa shape index (κ1) is 14.4. The summed E-state index contributed by atoms with van der Waals surface area (Å²) in [5, 5.41) is 0. The van der Waals surface area contributed by atoms with Crippen LogP contribution in [0.1, 0.15) is 38.3 Å². The van der Waals surface area contributed by atoms with E-state index in [0.717, 1.165) is 19.1 Å². The third kappa shape index (κ3) is 3.71. The van der Waals surface area contributed by atoms with Gasteiger partial charge in [0.25, 0.3) is 0 Å². The Morgan fingerprint density at radius 2 is 1.89 bits per heavy atom. The maximum absolute atomic E-state index is 5.90. The average molecular weight is 262 g/mol. The molecule has 1 fully saturated rings. The van der Waals surface area contributed by atoms with Crippen LogP contribution >= 0.6 is 0 Å². The lowest BCUT2D eigenvalue weighted by molar-refractivity contribution is 0.202. The molecule has 2 atom stereocenters. The molecule has 1 aliphatic carbocycles. The lowest BCUT2D eigenvalue weighted by Gasteiger charge is -2.31. The molecule has 0 aliphatic heterocycles. The lowest BCUT2D eigenvalue weighted by atomic mass is 10.1. The van der Waals surface area contributed by atoms with E-state index in [0.29, 0.717) is 6.04 Å². The molecule has 0 spiro atoms. The molecule has 1 aromatic carbocycles. The molecule has 1 unspecified atom stereocenters. The first-order chi connectivity index (χ1) is 9.13. The third-order valence-corrected chi connectivity index (χ3v) is 4.08. The van der Waals surface area contributed by atoms with Gasteiger partial charge in [-0.25, -0.2) is 0 Å². The smallest absolute Gasteiger partial charge is 0.0637 e. The van der Waals surface area contributed by atoms with Gasteiger partial charge in [0.1, 0.15) is 0 Å². The van der Waals surface area contributed by atoms with E-state index in [-0.39, 0.29) is 6.04 Å². The molecule has 1 aliphatic rings. The van der Waals surface area contributed by atoms with Crippen LogP contribution in [0.2, 0.25) is 0 Å². The Bertz CT molecular complexity index is 384. The number of rotatable bonds is 7. The van der Waals surface area contributed by atoms with Gasteiger partial charge < -0.3 is 15.4 Å². The highest BCUT2D eigenvalue weighted by atomic mass is 16.5. The van der Waals surface area contributed by atoms with Gasteiger partial charge in [-0.05, 0) is 50.3 Å². The fourth-order valence-electron chi connectivity index (χ4n) is 2.56. The van der Waals surface area contributed by atoms with Crippen molar-refractivity contribution >= 4 is 5.69 Å². The SMILES string of the molecule is COCCN(c1ccc([C@@H](C)N)cc1)C(C)C1CC1. The zero-order chi connectivity index (χ0) is 13.8. The van der Waals surface area contributed by atoms with Crippen LogP contribution in [0, 0.1) is 5.92 Å². The maximum Gasteiger partial charge on any atom is 0.0637 e. The minimum Gasteiger partial charge on any atom is -0.383 e. The molecular formula is C16H26N2O. The van der Waals surface area contributed by atoms with Crippen LogP contribution in [-0.4, -0.2) is 26.3 Å². The van der Waals surface area contributed by atoms with Crippen LogP contribution in [0.5, 0.6) is 0 Å². The summed E-state index contributed by atoms with van der Waals surface area (Å²) in [5.74, 6) is 0.852. The Morgan fingerprint density at radius 1 is 1.26 bits per heavy atom. The molecule has 0 saturated heterocycles. The summed E-state index contributed by atoms with van der Waals surface area (Å²) in [6.45, 7) is 6.06. The largest absolute Gasteiger partial charge is 0.383 e. The molecule has 2 N–H and O–H groups in total. The van der Waals surface area contributed by atoms with E-state index < -0.39 is 0 Å². The summed E-state index contributed by atoms with van der Waals surface area (Å²) < 4.78 is 5.24. The highest BCUT2D eigenvalue weighted by Crippen LogP contribution is 2.36. The highest BCUT2D eigenvalue weighted by molar-refractivity contribution is 5.49. The van der Waals surface area contributed by atoms with Crippen molar-refractivity contribution in [3.8, 4) is 0 Å². The summed E-state index contributed by atoms with van der Waals surface area (Å²) >= 11 is 0. The van der Waals surface area contributed by atoms with Gasteiger partial charge in [0, 0.05) is 31.4 Å². The number of benzene rings is 1. The summed E-state index contributed by atoms with van der Waals surface area (Å²) in [6, 6.07) is 9.35. The van der Waals surface area contributed by atoms with E-state index in [1.54, 1.807) is 7.11 Å². The van der Waals surface area contributed by atoms with Gasteiger partial charge in [0.15, 0.2) is 0 Å². The van der Waals surface area contributed by atoms with E-state index in [1.807, 2.05) is 6.92 Å². The lowest BCUT2D eigenvalue weighted by Crippen LogP contribution is -2.37. The van der Waals surface area contributed by atoms with Crippen molar-refractivity contribution in [2.24, 2.45) is 11.7 Å². The summed E-state index contributed by atoms with van der Waals surface area (Å²) in [6.07, 6.45) is 2.73. The summed E-state index contributed by atoms with van der Waals surface area (Å²) in [4.78, 5) is 2.46. The number of anilines is 1. The van der Waals surface area contributed by atoms with E-state index in [1.165, 1.54) is 24.1 Å². The van der Waals surface area contributed by atoms with Crippen LogP contribution in [0.15, 0.2) is 24.3 Å². The van der Waals surface area contributed by atoms with Crippen LogP contribution in [0.25, 0.3) is 0 Å². The van der Waals surface area contributed by atoms with Crippen molar-refractivity contribution < 1.29 is 4.74 Å². The van der Waals surface area contributed by atoms with Gasteiger partial charge in [-0.3, -0.25) is 0 Å². The summed E-state index contributed by atoms with van der Waals surface area (Å²) in [7, 11) is 1.76. The van der Waals surface area contributed by atoms with Crippen molar-refractivity contribution in [1.82, 2.24) is 0 Å². The molecule has 1 aromatic rings. The van der Waals surface area contributed by atoms with Gasteiger partial charge in [-0.15, -0.1) is 0 Å². The molecule has 106 valence electrons. The molecule has 1 saturated carbocycles. The standard InChI is InChI=1S/C16H26N2O/c1-12(17)14-6-8-16(9-7-14)18(10-11-19-3)13(2)15-4-5-15/h6-9,12-13,15H,4-5,10-11,17H2,1-3H3/t12-,13?/m1/s1. The van der Waals surface area contributed by atoms with Gasteiger partial charge in [-0.2, -0.15) is 0 Å². The first-order valence-corrected chi connectivity index (χ1v) is 7.24. The van der Waals surface area contributed by atoms with Crippen molar-refractivity contribution in [1.29, 1.82) is 0 Å². The second-order valence-corrected chi connectivity index (χ2v) is 5.64. The molecule has 3 heteroatoms. The quantitative estimate of drug-likeness (QED) is 0.821. The number of ether oxygens (including phenoxy) is 1. The fraction of sp³-hybridized carbons (Fsp3) is 0.625. The predicted octanol–water partition coefficient (Wildman–Crippen LogP) is 2.96. The van der Waals surface area contributed by atoms with Crippen LogP contribution in [-0.2, 0) is 4.74 Å². The molecule has 3 nitrogen and oxygen atoms in total. The summed E-state index contributed by atoms with van der Waals surface area (Å²) in [5.41, 5.74) is 8.37. The molecule has 0 radical (unpaired) electrons. The number of methoxy groups -OCH3 is 1. The van der Waals surface area contributed by atoms with Gasteiger partial charge >= 0.3 is 0 Å². The number of hydrogen-bond donors (Lipinski definition) is 1. The Labute approximate surface area is 116 Å². The van der Waals surface area contributed by atoms with E-state index in [9.17, 15) is 0 Å².